The largest absolute Gasteiger partial charge is 0.464 e. The van der Waals surface area contributed by atoms with Crippen LogP contribution in [0.2, 0.25) is 0 Å². The summed E-state index contributed by atoms with van der Waals surface area (Å²) in [6.45, 7) is 2.23. The molecule has 1 aromatic carbocycles. The average molecular weight is 332 g/mol. The Labute approximate surface area is 121 Å². The van der Waals surface area contributed by atoms with Gasteiger partial charge in [0.1, 0.15) is 6.04 Å². The number of ether oxygens (including phenoxy) is 1. The maximum Gasteiger partial charge on any atom is 0.328 e. The number of anilines is 1. The van der Waals surface area contributed by atoms with Crippen molar-refractivity contribution >= 4 is 39.3 Å². The Balaban J connectivity index is 2.68. The van der Waals surface area contributed by atoms with Gasteiger partial charge >= 0.3 is 5.97 Å². The molecule has 3 nitrogen and oxygen atoms in total. The number of carbonyl (C=O) groups is 1. The summed E-state index contributed by atoms with van der Waals surface area (Å²) in [4.78, 5) is 11.8. The van der Waals surface area contributed by atoms with Crippen LogP contribution in [0.3, 0.4) is 0 Å². The van der Waals surface area contributed by atoms with Crippen LogP contribution in [0.1, 0.15) is 13.3 Å². The Kier molecular flexibility index (Phi) is 7.20. The summed E-state index contributed by atoms with van der Waals surface area (Å²) in [5.41, 5.74) is 0.920. The zero-order chi connectivity index (χ0) is 13.4. The normalized spacial score (nSPS) is 11.9. The minimum atomic E-state index is -0.285. The van der Waals surface area contributed by atoms with Gasteiger partial charge in [0.05, 0.1) is 6.61 Å². The molecule has 0 fully saturated rings. The second kappa shape index (κ2) is 8.43. The number of benzene rings is 1. The Morgan fingerprint density at radius 1 is 1.56 bits per heavy atom. The van der Waals surface area contributed by atoms with E-state index in [0.717, 1.165) is 22.3 Å². The number of carbonyl (C=O) groups excluding carboxylic acids is 1. The van der Waals surface area contributed by atoms with Gasteiger partial charge < -0.3 is 10.1 Å². The lowest BCUT2D eigenvalue weighted by atomic mass is 10.2. The number of halogens is 1. The van der Waals surface area contributed by atoms with Gasteiger partial charge in [-0.3, -0.25) is 0 Å². The van der Waals surface area contributed by atoms with Gasteiger partial charge in [-0.15, -0.1) is 0 Å². The monoisotopic (exact) mass is 331 g/mol. The molecule has 0 bridgehead atoms. The highest BCUT2D eigenvalue weighted by Gasteiger charge is 2.18. The minimum absolute atomic E-state index is 0.188. The first kappa shape index (κ1) is 15.4. The maximum absolute atomic E-state index is 11.8. The number of hydrogen-bond donors (Lipinski definition) is 1. The molecule has 0 radical (unpaired) electrons. The molecule has 0 heterocycles. The maximum atomic E-state index is 11.8. The zero-order valence-electron chi connectivity index (χ0n) is 10.6. The van der Waals surface area contributed by atoms with Crippen molar-refractivity contribution in [3.05, 3.63) is 28.7 Å². The molecule has 0 spiro atoms. The van der Waals surface area contributed by atoms with Gasteiger partial charge in [0.15, 0.2) is 0 Å². The van der Waals surface area contributed by atoms with Crippen molar-refractivity contribution in [2.24, 2.45) is 0 Å². The highest BCUT2D eigenvalue weighted by molar-refractivity contribution is 9.10. The van der Waals surface area contributed by atoms with Crippen LogP contribution in [0.5, 0.6) is 0 Å². The van der Waals surface area contributed by atoms with Gasteiger partial charge in [0.25, 0.3) is 0 Å². The molecule has 18 heavy (non-hydrogen) atoms. The van der Waals surface area contributed by atoms with Crippen molar-refractivity contribution in [1.29, 1.82) is 0 Å². The van der Waals surface area contributed by atoms with Crippen molar-refractivity contribution in [3.63, 3.8) is 0 Å². The third-order valence-corrected chi connectivity index (χ3v) is 3.48. The molecule has 100 valence electrons. The highest BCUT2D eigenvalue weighted by Crippen LogP contribution is 2.18. The molecular formula is C13H18BrNO2S. The van der Waals surface area contributed by atoms with Crippen molar-refractivity contribution in [2.75, 3.05) is 23.9 Å². The van der Waals surface area contributed by atoms with E-state index in [1.165, 1.54) is 0 Å². The standard InChI is InChI=1S/C13H18BrNO2S/c1-3-17-13(16)12(7-8-18-2)15-11-6-4-5-10(14)9-11/h4-6,9,12,15H,3,7-8H2,1-2H3. The number of esters is 1. The lowest BCUT2D eigenvalue weighted by molar-refractivity contribution is -0.144. The van der Waals surface area contributed by atoms with Crippen LogP contribution in [0.25, 0.3) is 0 Å². The summed E-state index contributed by atoms with van der Waals surface area (Å²) in [7, 11) is 0. The van der Waals surface area contributed by atoms with Gasteiger partial charge in [-0.2, -0.15) is 11.8 Å². The van der Waals surface area contributed by atoms with E-state index in [-0.39, 0.29) is 12.0 Å². The molecule has 0 aliphatic rings. The summed E-state index contributed by atoms with van der Waals surface area (Å²) in [5.74, 6) is 0.733. The summed E-state index contributed by atoms with van der Waals surface area (Å²) in [5, 5.41) is 3.22. The summed E-state index contributed by atoms with van der Waals surface area (Å²) < 4.78 is 6.07. The van der Waals surface area contributed by atoms with E-state index in [4.69, 9.17) is 4.74 Å². The van der Waals surface area contributed by atoms with Crippen molar-refractivity contribution in [2.45, 2.75) is 19.4 Å². The second-order valence-electron chi connectivity index (χ2n) is 3.74. The third kappa shape index (κ3) is 5.31. The van der Waals surface area contributed by atoms with E-state index < -0.39 is 0 Å². The van der Waals surface area contributed by atoms with E-state index in [9.17, 15) is 4.79 Å². The lowest BCUT2D eigenvalue weighted by Crippen LogP contribution is -2.32. The molecule has 0 aliphatic carbocycles. The predicted octanol–water partition coefficient (Wildman–Crippen LogP) is 3.55. The quantitative estimate of drug-likeness (QED) is 0.775. The number of thioether (sulfide) groups is 1. The molecule has 1 aromatic rings. The first-order valence-electron chi connectivity index (χ1n) is 5.85. The van der Waals surface area contributed by atoms with Crippen LogP contribution >= 0.6 is 27.7 Å². The van der Waals surface area contributed by atoms with Gasteiger partial charge in [0.2, 0.25) is 0 Å². The predicted molar refractivity (Wildman–Crippen MR) is 81.2 cm³/mol. The Hall–Kier alpha value is -0.680. The molecule has 1 unspecified atom stereocenters. The third-order valence-electron chi connectivity index (χ3n) is 2.35. The first-order chi connectivity index (χ1) is 8.67. The van der Waals surface area contributed by atoms with E-state index in [1.807, 2.05) is 37.4 Å². The topological polar surface area (TPSA) is 38.3 Å². The fraction of sp³-hybridized carbons (Fsp3) is 0.462. The number of rotatable bonds is 7. The van der Waals surface area contributed by atoms with Crippen LogP contribution in [0.15, 0.2) is 28.7 Å². The molecule has 0 amide bonds. The SMILES string of the molecule is CCOC(=O)C(CCSC)Nc1cccc(Br)c1. The molecule has 1 atom stereocenters. The van der Waals surface area contributed by atoms with Gasteiger partial charge in [-0.05, 0) is 43.6 Å². The molecule has 0 saturated heterocycles. The molecule has 1 rings (SSSR count). The molecular weight excluding hydrogens is 314 g/mol. The highest BCUT2D eigenvalue weighted by atomic mass is 79.9. The summed E-state index contributed by atoms with van der Waals surface area (Å²) in [6, 6.07) is 7.49. The molecule has 0 aliphatic heterocycles. The van der Waals surface area contributed by atoms with Crippen LogP contribution in [0.4, 0.5) is 5.69 Å². The molecule has 0 aromatic heterocycles. The zero-order valence-corrected chi connectivity index (χ0v) is 13.0. The Morgan fingerprint density at radius 2 is 2.33 bits per heavy atom. The van der Waals surface area contributed by atoms with Crippen LogP contribution < -0.4 is 5.32 Å². The second-order valence-corrected chi connectivity index (χ2v) is 5.64. The lowest BCUT2D eigenvalue weighted by Gasteiger charge is -2.18. The van der Waals surface area contributed by atoms with Crippen molar-refractivity contribution < 1.29 is 9.53 Å². The van der Waals surface area contributed by atoms with E-state index >= 15 is 0 Å². The summed E-state index contributed by atoms with van der Waals surface area (Å²) >= 11 is 5.13. The van der Waals surface area contributed by atoms with Crippen LogP contribution in [-0.4, -0.2) is 30.6 Å². The fourth-order valence-electron chi connectivity index (χ4n) is 1.51. The minimum Gasteiger partial charge on any atom is -0.464 e. The van der Waals surface area contributed by atoms with Gasteiger partial charge in [-0.25, -0.2) is 4.79 Å². The smallest absolute Gasteiger partial charge is 0.328 e. The Morgan fingerprint density at radius 3 is 2.94 bits per heavy atom. The van der Waals surface area contributed by atoms with Crippen molar-refractivity contribution in [1.82, 2.24) is 0 Å². The number of hydrogen-bond acceptors (Lipinski definition) is 4. The van der Waals surface area contributed by atoms with Crippen LogP contribution in [-0.2, 0) is 9.53 Å². The number of nitrogens with one attached hydrogen (secondary N) is 1. The first-order valence-corrected chi connectivity index (χ1v) is 8.03. The summed E-state index contributed by atoms with van der Waals surface area (Å²) in [6.07, 6.45) is 2.79. The van der Waals surface area contributed by atoms with E-state index in [2.05, 4.69) is 21.2 Å². The molecule has 0 saturated carbocycles. The fourth-order valence-corrected chi connectivity index (χ4v) is 2.38. The van der Waals surface area contributed by atoms with Gasteiger partial charge in [-0.1, -0.05) is 22.0 Å². The van der Waals surface area contributed by atoms with Crippen LogP contribution in [0, 0.1) is 0 Å². The molecule has 1 N–H and O–H groups in total. The average Bonchev–Trinajstić information content (AvgIpc) is 2.34. The van der Waals surface area contributed by atoms with Gasteiger partial charge in [0, 0.05) is 10.2 Å². The van der Waals surface area contributed by atoms with E-state index in [0.29, 0.717) is 6.61 Å². The molecule has 5 heteroatoms. The van der Waals surface area contributed by atoms with E-state index in [1.54, 1.807) is 11.8 Å². The van der Waals surface area contributed by atoms with Crippen molar-refractivity contribution in [3.8, 4) is 0 Å². The Bertz CT molecular complexity index is 387.